The maximum Gasteiger partial charge on any atom is 0.226 e. The second kappa shape index (κ2) is 7.28. The molecule has 2 aliphatic heterocycles. The minimum absolute atomic E-state index is 0.0144. The first-order valence-electron chi connectivity index (χ1n) is 9.31. The number of aliphatic hydroxyl groups excluding tert-OH is 1. The summed E-state index contributed by atoms with van der Waals surface area (Å²) >= 11 is 0. The molecule has 3 rings (SSSR count). The van der Waals surface area contributed by atoms with Gasteiger partial charge in [-0.25, -0.2) is 0 Å². The number of likely N-dealkylation sites (N-methyl/N-ethyl adjacent to an activating group) is 1. The Hall–Kier alpha value is -0.690. The van der Waals surface area contributed by atoms with Crippen molar-refractivity contribution >= 4 is 5.91 Å². The van der Waals surface area contributed by atoms with Crippen LogP contribution in [0.25, 0.3) is 0 Å². The lowest BCUT2D eigenvalue weighted by Crippen LogP contribution is -2.51. The first kappa shape index (κ1) is 18.1. The lowest BCUT2D eigenvalue weighted by Gasteiger charge is -2.37. The van der Waals surface area contributed by atoms with Gasteiger partial charge in [-0.2, -0.15) is 0 Å². The molecule has 1 saturated carbocycles. The molecule has 1 amide bonds. The predicted octanol–water partition coefficient (Wildman–Crippen LogP) is 0.874. The summed E-state index contributed by atoms with van der Waals surface area (Å²) in [5.41, 5.74) is -0.350. The first-order chi connectivity index (χ1) is 11.4. The van der Waals surface area contributed by atoms with E-state index in [1.54, 1.807) is 0 Å². The molecule has 1 N–H and O–H groups in total. The van der Waals surface area contributed by atoms with E-state index in [0.717, 1.165) is 19.4 Å². The van der Waals surface area contributed by atoms with Crippen LogP contribution < -0.4 is 0 Å². The maximum atomic E-state index is 12.7. The van der Waals surface area contributed by atoms with Gasteiger partial charge in [0, 0.05) is 25.0 Å². The molecule has 0 bridgehead atoms. The van der Waals surface area contributed by atoms with Crippen molar-refractivity contribution in [3.63, 3.8) is 0 Å². The Kier molecular flexibility index (Phi) is 5.49. The van der Waals surface area contributed by atoms with Crippen molar-refractivity contribution in [2.45, 2.75) is 63.4 Å². The van der Waals surface area contributed by atoms with Crippen molar-refractivity contribution in [3.8, 4) is 0 Å². The van der Waals surface area contributed by atoms with Crippen LogP contribution in [0.5, 0.6) is 0 Å². The van der Waals surface area contributed by atoms with Crippen LogP contribution in [0.3, 0.4) is 0 Å². The highest BCUT2D eigenvalue weighted by Crippen LogP contribution is 2.35. The monoisotopic (exact) mass is 340 g/mol. The maximum absolute atomic E-state index is 12.7. The van der Waals surface area contributed by atoms with Crippen LogP contribution in [-0.2, 0) is 14.3 Å². The Morgan fingerprint density at radius 3 is 2.83 bits per heavy atom. The van der Waals surface area contributed by atoms with Gasteiger partial charge >= 0.3 is 0 Å². The summed E-state index contributed by atoms with van der Waals surface area (Å²) < 4.78 is 12.2. The van der Waals surface area contributed by atoms with Gasteiger partial charge in [-0.05, 0) is 46.6 Å². The highest BCUT2D eigenvalue weighted by molar-refractivity contribution is 5.80. The summed E-state index contributed by atoms with van der Waals surface area (Å²) in [5, 5.41) is 9.46. The van der Waals surface area contributed by atoms with Gasteiger partial charge in [0.1, 0.15) is 5.60 Å². The molecule has 138 valence electrons. The standard InChI is InChI=1S/C18H32N2O4/c1-13(2)19(3)10-16-4-5-18(24-16)11-20(6-7-23-12-18)17(22)14-8-15(21)9-14/h13-16,21H,4-12H2,1-3H3/t14?,15?,16?,18-/m0/s1. The van der Waals surface area contributed by atoms with Crippen LogP contribution in [0.1, 0.15) is 39.5 Å². The summed E-state index contributed by atoms with van der Waals surface area (Å²) in [4.78, 5) is 16.9. The van der Waals surface area contributed by atoms with Crippen molar-refractivity contribution < 1.29 is 19.4 Å². The fourth-order valence-electron chi connectivity index (χ4n) is 3.92. The molecule has 6 nitrogen and oxygen atoms in total. The third kappa shape index (κ3) is 3.93. The fraction of sp³-hybridized carbons (Fsp3) is 0.944. The smallest absolute Gasteiger partial charge is 0.226 e. The summed E-state index contributed by atoms with van der Waals surface area (Å²) in [6.45, 7) is 7.70. The average Bonchev–Trinajstić information content (AvgIpc) is 2.76. The number of nitrogens with zero attached hydrogens (tertiary/aromatic N) is 2. The van der Waals surface area contributed by atoms with Gasteiger partial charge in [0.15, 0.2) is 0 Å². The Bertz CT molecular complexity index is 452. The lowest BCUT2D eigenvalue weighted by molar-refractivity contribution is -0.147. The molecule has 0 aromatic carbocycles. The van der Waals surface area contributed by atoms with E-state index >= 15 is 0 Å². The van der Waals surface area contributed by atoms with Crippen molar-refractivity contribution in [3.05, 3.63) is 0 Å². The van der Waals surface area contributed by atoms with E-state index in [0.29, 0.717) is 45.2 Å². The molecule has 0 aromatic rings. The molecule has 2 saturated heterocycles. The molecule has 24 heavy (non-hydrogen) atoms. The summed E-state index contributed by atoms with van der Waals surface area (Å²) in [5.74, 6) is 0.149. The van der Waals surface area contributed by atoms with Crippen LogP contribution in [0, 0.1) is 5.92 Å². The zero-order valence-corrected chi connectivity index (χ0v) is 15.2. The zero-order chi connectivity index (χ0) is 17.3. The van der Waals surface area contributed by atoms with E-state index in [2.05, 4.69) is 25.8 Å². The van der Waals surface area contributed by atoms with E-state index in [4.69, 9.17) is 9.47 Å². The van der Waals surface area contributed by atoms with Crippen LogP contribution in [0.15, 0.2) is 0 Å². The van der Waals surface area contributed by atoms with Crippen LogP contribution in [0.4, 0.5) is 0 Å². The molecule has 1 unspecified atom stereocenters. The normalized spacial score (nSPS) is 37.1. The molecule has 6 heteroatoms. The van der Waals surface area contributed by atoms with Crippen molar-refractivity contribution in [2.24, 2.45) is 5.92 Å². The van der Waals surface area contributed by atoms with Gasteiger partial charge < -0.3 is 24.4 Å². The minimum atomic E-state index is -0.350. The number of carbonyl (C=O) groups is 1. The fourth-order valence-corrected chi connectivity index (χ4v) is 3.92. The lowest BCUT2D eigenvalue weighted by atomic mass is 9.81. The third-order valence-electron chi connectivity index (χ3n) is 5.84. The number of amides is 1. The second-order valence-corrected chi connectivity index (χ2v) is 8.13. The Morgan fingerprint density at radius 2 is 2.17 bits per heavy atom. The van der Waals surface area contributed by atoms with E-state index in [-0.39, 0.29) is 29.6 Å². The van der Waals surface area contributed by atoms with Gasteiger partial charge in [-0.15, -0.1) is 0 Å². The molecule has 3 fully saturated rings. The van der Waals surface area contributed by atoms with Gasteiger partial charge in [0.2, 0.25) is 5.91 Å². The highest BCUT2D eigenvalue weighted by Gasteiger charge is 2.46. The number of rotatable bonds is 4. The van der Waals surface area contributed by atoms with Gasteiger partial charge in [0.05, 0.1) is 32.0 Å². The average molecular weight is 340 g/mol. The van der Waals surface area contributed by atoms with Gasteiger partial charge in [0.25, 0.3) is 0 Å². The van der Waals surface area contributed by atoms with Crippen molar-refractivity contribution in [1.82, 2.24) is 9.80 Å². The molecular weight excluding hydrogens is 308 g/mol. The molecule has 2 atom stereocenters. The predicted molar refractivity (Wildman–Crippen MR) is 90.7 cm³/mol. The molecule has 0 aromatic heterocycles. The quantitative estimate of drug-likeness (QED) is 0.823. The number of ether oxygens (including phenoxy) is 2. The van der Waals surface area contributed by atoms with Crippen molar-refractivity contribution in [1.29, 1.82) is 0 Å². The van der Waals surface area contributed by atoms with Crippen LogP contribution in [-0.4, -0.2) is 84.6 Å². The molecule has 1 aliphatic carbocycles. The van der Waals surface area contributed by atoms with E-state index in [1.165, 1.54) is 0 Å². The zero-order valence-electron chi connectivity index (χ0n) is 15.2. The Balaban J connectivity index is 1.59. The van der Waals surface area contributed by atoms with Crippen LogP contribution in [0.2, 0.25) is 0 Å². The first-order valence-corrected chi connectivity index (χ1v) is 9.31. The number of hydrogen-bond donors (Lipinski definition) is 1. The Morgan fingerprint density at radius 1 is 1.42 bits per heavy atom. The number of aliphatic hydroxyl groups is 1. The third-order valence-corrected chi connectivity index (χ3v) is 5.84. The van der Waals surface area contributed by atoms with E-state index < -0.39 is 0 Å². The molecule has 1 spiro atoms. The SMILES string of the molecule is CC(C)N(C)CC1CC[C@]2(COCCN(C(=O)C3CC(O)C3)C2)O1. The van der Waals surface area contributed by atoms with Crippen LogP contribution >= 0.6 is 0 Å². The summed E-state index contributed by atoms with van der Waals surface area (Å²) in [6, 6.07) is 0.499. The summed E-state index contributed by atoms with van der Waals surface area (Å²) in [6.07, 6.45) is 3.08. The van der Waals surface area contributed by atoms with E-state index in [1.807, 2.05) is 4.90 Å². The largest absolute Gasteiger partial charge is 0.393 e. The molecule has 0 radical (unpaired) electrons. The summed E-state index contributed by atoms with van der Waals surface area (Å²) in [7, 11) is 2.13. The van der Waals surface area contributed by atoms with E-state index in [9.17, 15) is 9.90 Å². The Labute approximate surface area is 145 Å². The second-order valence-electron chi connectivity index (χ2n) is 8.13. The minimum Gasteiger partial charge on any atom is -0.393 e. The van der Waals surface area contributed by atoms with Gasteiger partial charge in [-0.3, -0.25) is 4.79 Å². The number of hydrogen-bond acceptors (Lipinski definition) is 5. The molecule has 3 aliphatic rings. The molecular formula is C18H32N2O4. The number of carbonyl (C=O) groups excluding carboxylic acids is 1. The van der Waals surface area contributed by atoms with Gasteiger partial charge in [-0.1, -0.05) is 0 Å². The topological polar surface area (TPSA) is 62.2 Å². The highest BCUT2D eigenvalue weighted by atomic mass is 16.6. The molecule has 2 heterocycles. The van der Waals surface area contributed by atoms with Crippen molar-refractivity contribution in [2.75, 3.05) is 39.9 Å².